The Kier molecular flexibility index (Phi) is 7.09. The summed E-state index contributed by atoms with van der Waals surface area (Å²) in [5.74, 6) is 0.171. The van der Waals surface area contributed by atoms with Crippen LogP contribution >= 0.6 is 12.4 Å². The van der Waals surface area contributed by atoms with Crippen LogP contribution < -0.4 is 5.32 Å². The van der Waals surface area contributed by atoms with Crippen molar-refractivity contribution in [2.75, 3.05) is 33.4 Å². The van der Waals surface area contributed by atoms with Crippen molar-refractivity contribution in [2.45, 2.75) is 25.3 Å². The van der Waals surface area contributed by atoms with Crippen LogP contribution in [0.4, 0.5) is 0 Å². The predicted octanol–water partition coefficient (Wildman–Crippen LogP) is 2.88. The highest BCUT2D eigenvalue weighted by Crippen LogP contribution is 2.32. The largest absolute Gasteiger partial charge is 0.383 e. The number of hydrogen-bond donors (Lipinski definition) is 2. The van der Waals surface area contributed by atoms with E-state index in [4.69, 9.17) is 4.74 Å². The summed E-state index contributed by atoms with van der Waals surface area (Å²) in [5.41, 5.74) is 2.29. The Morgan fingerprint density at radius 3 is 3.00 bits per heavy atom. The second-order valence-corrected chi connectivity index (χ2v) is 6.08. The normalized spacial score (nSPS) is 17.7. The first-order valence-electron chi connectivity index (χ1n) is 8.36. The summed E-state index contributed by atoms with van der Waals surface area (Å²) in [4.78, 5) is 18.1. The maximum atomic E-state index is 12.6. The SMILES string of the molecule is COCCNCC(=O)N1CCCCC1c1cc2ccccc2[nH]1.Cl. The van der Waals surface area contributed by atoms with E-state index in [1.807, 2.05) is 17.0 Å². The second-order valence-electron chi connectivity index (χ2n) is 6.08. The van der Waals surface area contributed by atoms with Gasteiger partial charge in [0.05, 0.1) is 19.2 Å². The minimum absolute atomic E-state index is 0. The number of H-pyrrole nitrogens is 1. The van der Waals surface area contributed by atoms with Crippen LogP contribution in [-0.4, -0.2) is 49.1 Å². The molecule has 5 nitrogen and oxygen atoms in total. The fourth-order valence-electron chi connectivity index (χ4n) is 3.30. The number of para-hydroxylation sites is 1. The quantitative estimate of drug-likeness (QED) is 0.787. The highest BCUT2D eigenvalue weighted by Gasteiger charge is 2.28. The van der Waals surface area contributed by atoms with E-state index in [1.165, 1.54) is 11.8 Å². The molecule has 0 saturated carbocycles. The number of carbonyl (C=O) groups is 1. The van der Waals surface area contributed by atoms with Gasteiger partial charge in [-0.05, 0) is 36.8 Å². The molecule has 1 atom stereocenters. The summed E-state index contributed by atoms with van der Waals surface area (Å²) >= 11 is 0. The Hall–Kier alpha value is -1.56. The lowest BCUT2D eigenvalue weighted by molar-refractivity contribution is -0.134. The molecule has 1 aliphatic rings. The van der Waals surface area contributed by atoms with Gasteiger partial charge in [-0.15, -0.1) is 12.4 Å². The van der Waals surface area contributed by atoms with E-state index in [2.05, 4.69) is 28.5 Å². The highest BCUT2D eigenvalue weighted by molar-refractivity contribution is 5.85. The molecule has 0 radical (unpaired) electrons. The summed E-state index contributed by atoms with van der Waals surface area (Å²) < 4.78 is 5.00. The fourth-order valence-corrected chi connectivity index (χ4v) is 3.30. The van der Waals surface area contributed by atoms with Gasteiger partial charge < -0.3 is 19.9 Å². The molecule has 1 fully saturated rings. The predicted molar refractivity (Wildman–Crippen MR) is 98.6 cm³/mol. The molecule has 132 valence electrons. The molecule has 1 aromatic heterocycles. The maximum absolute atomic E-state index is 12.6. The van der Waals surface area contributed by atoms with E-state index in [-0.39, 0.29) is 24.4 Å². The number of aromatic nitrogens is 1. The van der Waals surface area contributed by atoms with Gasteiger partial charge in [-0.3, -0.25) is 4.79 Å². The summed E-state index contributed by atoms with van der Waals surface area (Å²) in [5, 5.41) is 4.36. The number of rotatable bonds is 6. The number of nitrogens with one attached hydrogen (secondary N) is 2. The number of likely N-dealkylation sites (tertiary alicyclic amines) is 1. The zero-order valence-electron chi connectivity index (χ0n) is 14.1. The Labute approximate surface area is 149 Å². The summed E-state index contributed by atoms with van der Waals surface area (Å²) in [6.45, 7) is 2.54. The zero-order chi connectivity index (χ0) is 16.1. The van der Waals surface area contributed by atoms with Gasteiger partial charge in [0.1, 0.15) is 0 Å². The van der Waals surface area contributed by atoms with Crippen LogP contribution in [0.25, 0.3) is 10.9 Å². The maximum Gasteiger partial charge on any atom is 0.237 e. The van der Waals surface area contributed by atoms with Gasteiger partial charge in [0.15, 0.2) is 0 Å². The second kappa shape index (κ2) is 9.06. The third-order valence-electron chi connectivity index (χ3n) is 4.49. The number of halogens is 1. The van der Waals surface area contributed by atoms with Gasteiger partial charge in [0.25, 0.3) is 0 Å². The van der Waals surface area contributed by atoms with Gasteiger partial charge in [-0.2, -0.15) is 0 Å². The van der Waals surface area contributed by atoms with Gasteiger partial charge in [-0.25, -0.2) is 0 Å². The number of ether oxygens (including phenoxy) is 1. The molecular formula is C18H26ClN3O2. The van der Waals surface area contributed by atoms with E-state index in [0.29, 0.717) is 19.7 Å². The molecule has 0 spiro atoms. The van der Waals surface area contributed by atoms with E-state index in [0.717, 1.165) is 30.6 Å². The molecule has 0 bridgehead atoms. The standard InChI is InChI=1S/C18H25N3O2.ClH/c1-23-11-9-19-13-18(22)21-10-5-4-8-17(21)16-12-14-6-2-3-7-15(14)20-16;/h2-3,6-7,12,17,19-20H,4-5,8-11,13H2,1H3;1H. The van der Waals surface area contributed by atoms with Crippen molar-refractivity contribution in [3.63, 3.8) is 0 Å². The van der Waals surface area contributed by atoms with Gasteiger partial charge in [0, 0.05) is 31.4 Å². The third-order valence-corrected chi connectivity index (χ3v) is 4.49. The molecule has 1 aliphatic heterocycles. The van der Waals surface area contributed by atoms with Gasteiger partial charge >= 0.3 is 0 Å². The van der Waals surface area contributed by atoms with E-state index in [9.17, 15) is 4.79 Å². The van der Waals surface area contributed by atoms with Crippen molar-refractivity contribution >= 4 is 29.2 Å². The van der Waals surface area contributed by atoms with Crippen molar-refractivity contribution in [3.05, 3.63) is 36.0 Å². The van der Waals surface area contributed by atoms with Crippen molar-refractivity contribution in [1.29, 1.82) is 0 Å². The van der Waals surface area contributed by atoms with Crippen molar-refractivity contribution in [2.24, 2.45) is 0 Å². The number of benzene rings is 1. The number of amides is 1. The number of fused-ring (bicyclic) bond motifs is 1. The van der Waals surface area contributed by atoms with E-state index >= 15 is 0 Å². The van der Waals surface area contributed by atoms with Crippen LogP contribution in [0.1, 0.15) is 31.0 Å². The van der Waals surface area contributed by atoms with E-state index < -0.39 is 0 Å². The Morgan fingerprint density at radius 1 is 1.38 bits per heavy atom. The Morgan fingerprint density at radius 2 is 2.21 bits per heavy atom. The first-order chi connectivity index (χ1) is 11.3. The van der Waals surface area contributed by atoms with Crippen LogP contribution in [0.5, 0.6) is 0 Å². The Balaban J connectivity index is 0.00000208. The molecule has 1 unspecified atom stereocenters. The molecular weight excluding hydrogens is 326 g/mol. The third kappa shape index (κ3) is 4.29. The van der Waals surface area contributed by atoms with E-state index in [1.54, 1.807) is 7.11 Å². The van der Waals surface area contributed by atoms with Crippen LogP contribution in [0.3, 0.4) is 0 Å². The average Bonchev–Trinajstić information content (AvgIpc) is 3.02. The number of piperidine rings is 1. The van der Waals surface area contributed by atoms with Crippen molar-refractivity contribution in [1.82, 2.24) is 15.2 Å². The molecule has 3 rings (SSSR count). The van der Waals surface area contributed by atoms with Crippen molar-refractivity contribution in [3.8, 4) is 0 Å². The number of aromatic amines is 1. The lowest BCUT2D eigenvalue weighted by Gasteiger charge is -2.35. The smallest absolute Gasteiger partial charge is 0.237 e. The van der Waals surface area contributed by atoms with Crippen LogP contribution in [0.15, 0.2) is 30.3 Å². The van der Waals surface area contributed by atoms with Crippen LogP contribution in [-0.2, 0) is 9.53 Å². The summed E-state index contributed by atoms with van der Waals surface area (Å²) in [7, 11) is 1.67. The first kappa shape index (κ1) is 18.8. The topological polar surface area (TPSA) is 57.4 Å². The lowest BCUT2D eigenvalue weighted by Crippen LogP contribution is -2.43. The average molecular weight is 352 g/mol. The lowest BCUT2D eigenvalue weighted by atomic mass is 9.99. The monoisotopic (exact) mass is 351 g/mol. The molecule has 1 amide bonds. The number of hydrogen-bond acceptors (Lipinski definition) is 3. The summed E-state index contributed by atoms with van der Waals surface area (Å²) in [6.07, 6.45) is 3.28. The van der Waals surface area contributed by atoms with Gasteiger partial charge in [0.2, 0.25) is 5.91 Å². The minimum Gasteiger partial charge on any atom is -0.383 e. The highest BCUT2D eigenvalue weighted by atomic mass is 35.5. The summed E-state index contributed by atoms with van der Waals surface area (Å²) in [6, 6.07) is 10.6. The molecule has 1 aromatic carbocycles. The Bertz CT molecular complexity index is 626. The molecule has 1 saturated heterocycles. The van der Waals surface area contributed by atoms with Gasteiger partial charge in [-0.1, -0.05) is 18.2 Å². The molecule has 2 heterocycles. The molecule has 2 aromatic rings. The molecule has 0 aliphatic carbocycles. The number of methoxy groups -OCH3 is 1. The minimum atomic E-state index is 0. The van der Waals surface area contributed by atoms with Crippen molar-refractivity contribution < 1.29 is 9.53 Å². The molecule has 6 heteroatoms. The van der Waals surface area contributed by atoms with Crippen LogP contribution in [0.2, 0.25) is 0 Å². The number of carbonyl (C=O) groups excluding carboxylic acids is 1. The van der Waals surface area contributed by atoms with Crippen LogP contribution in [0, 0.1) is 0 Å². The molecule has 24 heavy (non-hydrogen) atoms. The first-order valence-corrected chi connectivity index (χ1v) is 8.36. The molecule has 2 N–H and O–H groups in total. The fraction of sp³-hybridized carbons (Fsp3) is 0.500. The number of nitrogens with zero attached hydrogens (tertiary/aromatic N) is 1. The zero-order valence-corrected chi connectivity index (χ0v) is 14.9.